The number of anilines is 1. The lowest BCUT2D eigenvalue weighted by molar-refractivity contribution is -0.152. The zero-order valence-electron chi connectivity index (χ0n) is 26.0. The smallest absolute Gasteiger partial charge is 0.409 e. The Bertz CT molecular complexity index is 1630. The van der Waals surface area contributed by atoms with E-state index < -0.39 is 29.3 Å². The second kappa shape index (κ2) is 15.4. The number of carbonyl (C=O) groups is 3. The van der Waals surface area contributed by atoms with Crippen molar-refractivity contribution in [1.82, 2.24) is 4.90 Å². The van der Waals surface area contributed by atoms with Crippen molar-refractivity contribution in [3.63, 3.8) is 0 Å². The Morgan fingerprint density at radius 3 is 2.11 bits per heavy atom. The number of benzene rings is 4. The third kappa shape index (κ3) is 8.19. The van der Waals surface area contributed by atoms with E-state index in [1.807, 2.05) is 103 Å². The van der Waals surface area contributed by atoms with E-state index in [1.165, 1.54) is 23.6 Å². The van der Waals surface area contributed by atoms with Crippen LogP contribution in [0.2, 0.25) is 0 Å². The standard InChI is InChI=1S/C36H36N2O7S/c1-25(39)45-33-34(28-14-16-29(42-3)17-15-28)46-32-22-30(43-23-26-10-6-4-7-11-26)18-19-31(32)38(35(33)40)21-20-37(2)36(41)44-24-27-12-8-5-9-13-27/h4-19,22,33-34H,20-21,23-24H2,1-3H3/t33-,34+/m1/s1. The first-order valence-electron chi connectivity index (χ1n) is 14.8. The van der Waals surface area contributed by atoms with Crippen LogP contribution < -0.4 is 14.4 Å². The van der Waals surface area contributed by atoms with E-state index in [-0.39, 0.29) is 19.7 Å². The number of esters is 1. The van der Waals surface area contributed by atoms with Crippen LogP contribution in [0.15, 0.2) is 108 Å². The van der Waals surface area contributed by atoms with Crippen LogP contribution in [0.5, 0.6) is 11.5 Å². The number of fused-ring (bicyclic) bond motifs is 1. The zero-order chi connectivity index (χ0) is 32.5. The Labute approximate surface area is 273 Å². The Morgan fingerprint density at radius 2 is 1.48 bits per heavy atom. The SMILES string of the molecule is COc1ccc([C@@H]2Sc3cc(OCc4ccccc4)ccc3N(CCN(C)C(=O)OCc3ccccc3)C(=O)[C@@H]2OC(C)=O)cc1. The Balaban J connectivity index is 1.43. The minimum absolute atomic E-state index is 0.135. The number of likely N-dealkylation sites (N-methyl/N-ethyl adjacent to an activating group) is 1. The largest absolute Gasteiger partial charge is 0.497 e. The number of methoxy groups -OCH3 is 1. The molecule has 0 radical (unpaired) electrons. The van der Waals surface area contributed by atoms with Crippen molar-refractivity contribution in [1.29, 1.82) is 0 Å². The quantitative estimate of drug-likeness (QED) is 0.168. The summed E-state index contributed by atoms with van der Waals surface area (Å²) >= 11 is 1.42. The number of hydrogen-bond donors (Lipinski definition) is 0. The van der Waals surface area contributed by atoms with Gasteiger partial charge in [-0.05, 0) is 47.0 Å². The molecule has 46 heavy (non-hydrogen) atoms. The molecule has 0 fully saturated rings. The molecule has 9 nitrogen and oxygen atoms in total. The summed E-state index contributed by atoms with van der Waals surface area (Å²) in [6, 6.07) is 32.1. The summed E-state index contributed by atoms with van der Waals surface area (Å²) in [5, 5.41) is -0.566. The van der Waals surface area contributed by atoms with Crippen molar-refractivity contribution >= 4 is 35.4 Å². The van der Waals surface area contributed by atoms with Gasteiger partial charge in [0.15, 0.2) is 6.10 Å². The molecule has 4 aromatic rings. The normalized spacial score (nSPS) is 15.7. The summed E-state index contributed by atoms with van der Waals surface area (Å²) in [6.45, 7) is 2.12. The molecule has 0 saturated heterocycles. The summed E-state index contributed by atoms with van der Waals surface area (Å²) in [7, 11) is 3.20. The van der Waals surface area contributed by atoms with Crippen LogP contribution in [0.25, 0.3) is 0 Å². The third-order valence-electron chi connectivity index (χ3n) is 7.42. The fraction of sp³-hybridized carbons (Fsp3) is 0.250. The molecule has 2 atom stereocenters. The summed E-state index contributed by atoms with van der Waals surface area (Å²) in [5.74, 6) is 0.324. The van der Waals surface area contributed by atoms with Gasteiger partial charge in [0.1, 0.15) is 24.7 Å². The van der Waals surface area contributed by atoms with E-state index in [0.717, 1.165) is 21.6 Å². The van der Waals surface area contributed by atoms with Gasteiger partial charge in [0.05, 0.1) is 18.0 Å². The van der Waals surface area contributed by atoms with Crippen LogP contribution in [0, 0.1) is 0 Å². The highest BCUT2D eigenvalue weighted by Crippen LogP contribution is 2.48. The lowest BCUT2D eigenvalue weighted by Gasteiger charge is -2.29. The van der Waals surface area contributed by atoms with Crippen LogP contribution in [-0.2, 0) is 32.3 Å². The molecule has 1 aliphatic heterocycles. The number of rotatable bonds is 11. The summed E-state index contributed by atoms with van der Waals surface area (Å²) in [5.41, 5.74) is 3.31. The fourth-order valence-corrected chi connectivity index (χ4v) is 6.32. The molecular weight excluding hydrogens is 604 g/mol. The number of hydrogen-bond acceptors (Lipinski definition) is 8. The van der Waals surface area contributed by atoms with Crippen molar-refractivity contribution in [2.24, 2.45) is 0 Å². The number of amides is 2. The minimum atomic E-state index is -1.13. The van der Waals surface area contributed by atoms with Crippen LogP contribution in [-0.4, -0.2) is 56.2 Å². The molecule has 0 N–H and O–H groups in total. The molecule has 0 spiro atoms. The van der Waals surface area contributed by atoms with Crippen molar-refractivity contribution in [3.8, 4) is 11.5 Å². The van der Waals surface area contributed by atoms with Crippen LogP contribution in [0.1, 0.15) is 28.9 Å². The van der Waals surface area contributed by atoms with E-state index in [1.54, 1.807) is 19.1 Å². The highest BCUT2D eigenvalue weighted by molar-refractivity contribution is 7.99. The molecule has 0 aliphatic carbocycles. The molecular formula is C36H36N2O7S. The molecule has 238 valence electrons. The highest BCUT2D eigenvalue weighted by Gasteiger charge is 2.41. The predicted octanol–water partition coefficient (Wildman–Crippen LogP) is 6.65. The second-order valence-electron chi connectivity index (χ2n) is 10.7. The second-order valence-corrected chi connectivity index (χ2v) is 11.9. The van der Waals surface area contributed by atoms with E-state index in [0.29, 0.717) is 23.8 Å². The zero-order valence-corrected chi connectivity index (χ0v) is 26.8. The highest BCUT2D eigenvalue weighted by atomic mass is 32.2. The van der Waals surface area contributed by atoms with Crippen LogP contribution in [0.3, 0.4) is 0 Å². The molecule has 2 amide bonds. The molecule has 0 saturated carbocycles. The first-order valence-corrected chi connectivity index (χ1v) is 15.7. The van der Waals surface area contributed by atoms with Gasteiger partial charge in [0, 0.05) is 32.0 Å². The van der Waals surface area contributed by atoms with Gasteiger partial charge in [0.2, 0.25) is 0 Å². The van der Waals surface area contributed by atoms with E-state index in [4.69, 9.17) is 18.9 Å². The summed E-state index contributed by atoms with van der Waals surface area (Å²) in [4.78, 5) is 43.2. The molecule has 0 aromatic heterocycles. The van der Waals surface area contributed by atoms with Gasteiger partial charge in [-0.3, -0.25) is 9.59 Å². The molecule has 0 unspecified atom stereocenters. The van der Waals surface area contributed by atoms with Crippen molar-refractivity contribution in [2.75, 3.05) is 32.1 Å². The molecule has 1 aliphatic rings. The average molecular weight is 641 g/mol. The first-order chi connectivity index (χ1) is 22.3. The molecule has 5 rings (SSSR count). The predicted molar refractivity (Wildman–Crippen MR) is 176 cm³/mol. The van der Waals surface area contributed by atoms with E-state index in [9.17, 15) is 14.4 Å². The van der Waals surface area contributed by atoms with Gasteiger partial charge in [-0.2, -0.15) is 0 Å². The molecule has 4 aromatic carbocycles. The van der Waals surface area contributed by atoms with Gasteiger partial charge < -0.3 is 28.7 Å². The van der Waals surface area contributed by atoms with Gasteiger partial charge in [-0.25, -0.2) is 4.79 Å². The minimum Gasteiger partial charge on any atom is -0.497 e. The average Bonchev–Trinajstić information content (AvgIpc) is 3.19. The van der Waals surface area contributed by atoms with Crippen molar-refractivity contribution < 1.29 is 33.3 Å². The fourth-order valence-electron chi connectivity index (χ4n) is 4.97. The molecule has 1 heterocycles. The third-order valence-corrected chi connectivity index (χ3v) is 8.78. The van der Waals surface area contributed by atoms with Crippen LogP contribution in [0.4, 0.5) is 10.5 Å². The Hall–Kier alpha value is -4.96. The summed E-state index contributed by atoms with van der Waals surface area (Å²) in [6.07, 6.45) is -1.65. The van der Waals surface area contributed by atoms with Gasteiger partial charge in [0.25, 0.3) is 5.91 Å². The maximum Gasteiger partial charge on any atom is 0.409 e. The monoisotopic (exact) mass is 640 g/mol. The van der Waals surface area contributed by atoms with E-state index in [2.05, 4.69) is 0 Å². The first kappa shape index (κ1) is 32.4. The van der Waals surface area contributed by atoms with Crippen molar-refractivity contribution in [3.05, 3.63) is 120 Å². The lowest BCUT2D eigenvalue weighted by Crippen LogP contribution is -2.46. The van der Waals surface area contributed by atoms with Gasteiger partial charge >= 0.3 is 12.1 Å². The molecule has 10 heteroatoms. The van der Waals surface area contributed by atoms with Gasteiger partial charge in [-0.15, -0.1) is 11.8 Å². The lowest BCUT2D eigenvalue weighted by atomic mass is 10.1. The van der Waals surface area contributed by atoms with Gasteiger partial charge in [-0.1, -0.05) is 72.8 Å². The van der Waals surface area contributed by atoms with Crippen LogP contribution >= 0.6 is 11.8 Å². The number of ether oxygens (including phenoxy) is 4. The Kier molecular flexibility index (Phi) is 10.8. The maximum absolute atomic E-state index is 14.3. The molecule has 0 bridgehead atoms. The Morgan fingerprint density at radius 1 is 0.848 bits per heavy atom. The van der Waals surface area contributed by atoms with E-state index >= 15 is 0 Å². The topological polar surface area (TPSA) is 94.6 Å². The number of carbonyl (C=O) groups excluding carboxylic acids is 3. The maximum atomic E-state index is 14.3. The number of nitrogens with zero attached hydrogens (tertiary/aromatic N) is 2. The summed E-state index contributed by atoms with van der Waals surface area (Å²) < 4.78 is 22.7. The van der Waals surface area contributed by atoms with Crippen molar-refractivity contribution in [2.45, 2.75) is 36.4 Å². The number of thioether (sulfide) groups is 1.